The number of alkyl halides is 1. The Morgan fingerprint density at radius 3 is 2.62 bits per heavy atom. The van der Waals surface area contributed by atoms with Crippen molar-refractivity contribution in [1.29, 1.82) is 0 Å². The average molecular weight is 309 g/mol. The van der Waals surface area contributed by atoms with Gasteiger partial charge in [0.05, 0.1) is 11.6 Å². The van der Waals surface area contributed by atoms with E-state index in [9.17, 15) is 0 Å². The van der Waals surface area contributed by atoms with Gasteiger partial charge in [-0.05, 0) is 38.3 Å². The van der Waals surface area contributed by atoms with E-state index in [0.717, 1.165) is 42.0 Å². The maximum absolute atomic E-state index is 5.94. The number of para-hydroxylation sites is 1. The molecule has 0 spiro atoms. The number of nitrogens with zero attached hydrogens (tertiary/aromatic N) is 2. The summed E-state index contributed by atoms with van der Waals surface area (Å²) in [5.74, 6) is 3.18. The van der Waals surface area contributed by atoms with Crippen LogP contribution in [0.5, 0.6) is 5.75 Å². The minimum absolute atomic E-state index is 0.146. The molecule has 1 aromatic heterocycles. The Kier molecular flexibility index (Phi) is 5.51. The predicted octanol–water partition coefficient (Wildman–Crippen LogP) is 4.65. The molecule has 4 heteroatoms. The lowest BCUT2D eigenvalue weighted by Crippen LogP contribution is -2.07. The van der Waals surface area contributed by atoms with Crippen LogP contribution in [0.4, 0.5) is 0 Å². The van der Waals surface area contributed by atoms with Crippen LogP contribution in [0, 0.1) is 5.92 Å². The molecule has 2 rings (SSSR count). The number of imidazole rings is 1. The molecule has 0 bridgehead atoms. The van der Waals surface area contributed by atoms with E-state index in [1.165, 1.54) is 0 Å². The van der Waals surface area contributed by atoms with Crippen LogP contribution < -0.4 is 4.74 Å². The number of fused-ring (bicyclic) bond motifs is 1. The molecular weight excluding hydrogens is 284 g/mol. The molecular formula is C17H25ClN2O. The van der Waals surface area contributed by atoms with Gasteiger partial charge in [-0.1, -0.05) is 19.9 Å². The van der Waals surface area contributed by atoms with Crippen molar-refractivity contribution < 1.29 is 4.74 Å². The molecule has 0 fully saturated rings. The van der Waals surface area contributed by atoms with E-state index in [2.05, 4.69) is 24.5 Å². The number of rotatable bonds is 7. The molecule has 0 aliphatic carbocycles. The van der Waals surface area contributed by atoms with E-state index in [-0.39, 0.29) is 6.10 Å². The summed E-state index contributed by atoms with van der Waals surface area (Å²) in [5, 5.41) is 0. The van der Waals surface area contributed by atoms with Crippen LogP contribution >= 0.6 is 11.6 Å². The quantitative estimate of drug-likeness (QED) is 0.696. The van der Waals surface area contributed by atoms with E-state index in [1.807, 2.05) is 26.0 Å². The first-order valence-corrected chi connectivity index (χ1v) is 8.27. The summed E-state index contributed by atoms with van der Waals surface area (Å²) in [5.41, 5.74) is 2.10. The third-order valence-corrected chi connectivity index (χ3v) is 3.62. The minimum atomic E-state index is 0.146. The highest BCUT2D eigenvalue weighted by atomic mass is 35.5. The van der Waals surface area contributed by atoms with Crippen LogP contribution in [0.15, 0.2) is 18.2 Å². The first kappa shape index (κ1) is 16.2. The van der Waals surface area contributed by atoms with Gasteiger partial charge in [-0.2, -0.15) is 0 Å². The van der Waals surface area contributed by atoms with E-state index >= 15 is 0 Å². The Morgan fingerprint density at radius 1 is 1.24 bits per heavy atom. The molecule has 21 heavy (non-hydrogen) atoms. The van der Waals surface area contributed by atoms with E-state index in [1.54, 1.807) is 0 Å². The fourth-order valence-corrected chi connectivity index (χ4v) is 2.60. The number of halogens is 1. The second-order valence-corrected chi connectivity index (χ2v) is 6.47. The number of benzene rings is 1. The molecule has 0 saturated heterocycles. The standard InChI is InChI=1S/C17H25ClN2O/c1-12(2)9-11-20-14-6-5-7-15(21-13(3)4)17(14)19-16(20)8-10-18/h5-7,12-13H,8-11H2,1-4H3. The van der Waals surface area contributed by atoms with Crippen molar-refractivity contribution in [3.8, 4) is 5.75 Å². The van der Waals surface area contributed by atoms with Gasteiger partial charge in [0, 0.05) is 18.8 Å². The highest BCUT2D eigenvalue weighted by Gasteiger charge is 2.14. The van der Waals surface area contributed by atoms with Gasteiger partial charge in [-0.25, -0.2) is 4.98 Å². The summed E-state index contributed by atoms with van der Waals surface area (Å²) in [6.45, 7) is 9.54. The van der Waals surface area contributed by atoms with Gasteiger partial charge in [0.15, 0.2) is 0 Å². The third kappa shape index (κ3) is 3.91. The molecule has 0 unspecified atom stereocenters. The van der Waals surface area contributed by atoms with Crippen LogP contribution in [0.25, 0.3) is 11.0 Å². The maximum atomic E-state index is 5.94. The van der Waals surface area contributed by atoms with Crippen LogP contribution in [-0.2, 0) is 13.0 Å². The number of aryl methyl sites for hydroxylation is 2. The monoisotopic (exact) mass is 308 g/mol. The topological polar surface area (TPSA) is 27.1 Å². The van der Waals surface area contributed by atoms with Crippen molar-refractivity contribution in [3.63, 3.8) is 0 Å². The smallest absolute Gasteiger partial charge is 0.147 e. The summed E-state index contributed by atoms with van der Waals surface area (Å²) in [6.07, 6.45) is 2.07. The summed E-state index contributed by atoms with van der Waals surface area (Å²) < 4.78 is 8.19. The highest BCUT2D eigenvalue weighted by molar-refractivity contribution is 6.17. The van der Waals surface area contributed by atoms with Crippen LogP contribution in [-0.4, -0.2) is 21.5 Å². The molecule has 0 N–H and O–H groups in total. The molecule has 0 aliphatic rings. The van der Waals surface area contributed by atoms with E-state index in [4.69, 9.17) is 21.3 Å². The van der Waals surface area contributed by atoms with Gasteiger partial charge in [0.1, 0.15) is 17.1 Å². The first-order chi connectivity index (χ1) is 10.0. The zero-order valence-electron chi connectivity index (χ0n) is 13.4. The molecule has 3 nitrogen and oxygen atoms in total. The molecule has 0 saturated carbocycles. The molecule has 2 aromatic rings. The Hall–Kier alpha value is -1.22. The number of ether oxygens (including phenoxy) is 1. The zero-order chi connectivity index (χ0) is 15.4. The Labute approximate surface area is 132 Å². The van der Waals surface area contributed by atoms with Gasteiger partial charge in [0.25, 0.3) is 0 Å². The molecule has 0 aliphatic heterocycles. The minimum Gasteiger partial charge on any atom is -0.489 e. The van der Waals surface area contributed by atoms with Crippen molar-refractivity contribution in [3.05, 3.63) is 24.0 Å². The fraction of sp³-hybridized carbons (Fsp3) is 0.588. The number of aromatic nitrogens is 2. The summed E-state index contributed by atoms with van der Waals surface area (Å²) in [6, 6.07) is 6.15. The van der Waals surface area contributed by atoms with Crippen molar-refractivity contribution in [1.82, 2.24) is 9.55 Å². The molecule has 0 atom stereocenters. The van der Waals surface area contributed by atoms with Gasteiger partial charge in [0.2, 0.25) is 0 Å². The largest absolute Gasteiger partial charge is 0.489 e. The van der Waals surface area contributed by atoms with Crippen LogP contribution in [0.1, 0.15) is 39.9 Å². The van der Waals surface area contributed by atoms with Crippen molar-refractivity contribution in [2.45, 2.75) is 53.2 Å². The summed E-state index contributed by atoms with van der Waals surface area (Å²) >= 11 is 5.94. The predicted molar refractivity (Wildman–Crippen MR) is 89.4 cm³/mol. The molecule has 116 valence electrons. The normalized spacial score (nSPS) is 11.8. The average Bonchev–Trinajstić information content (AvgIpc) is 2.75. The van der Waals surface area contributed by atoms with Crippen molar-refractivity contribution >= 4 is 22.6 Å². The van der Waals surface area contributed by atoms with Crippen LogP contribution in [0.2, 0.25) is 0 Å². The molecule has 0 amide bonds. The lowest BCUT2D eigenvalue weighted by molar-refractivity contribution is 0.245. The summed E-state index contributed by atoms with van der Waals surface area (Å²) in [7, 11) is 0. The molecule has 1 heterocycles. The SMILES string of the molecule is CC(C)CCn1c(CCCl)nc2c(OC(C)C)cccc21. The Bertz CT molecular complexity index is 590. The van der Waals surface area contributed by atoms with Crippen molar-refractivity contribution in [2.24, 2.45) is 5.92 Å². The Morgan fingerprint density at radius 2 is 2.00 bits per heavy atom. The summed E-state index contributed by atoms with van der Waals surface area (Å²) in [4.78, 5) is 4.79. The second kappa shape index (κ2) is 7.17. The second-order valence-electron chi connectivity index (χ2n) is 6.09. The molecule has 0 radical (unpaired) electrons. The van der Waals surface area contributed by atoms with E-state index < -0.39 is 0 Å². The molecule has 1 aromatic carbocycles. The third-order valence-electron chi connectivity index (χ3n) is 3.43. The number of hydrogen-bond acceptors (Lipinski definition) is 2. The van der Waals surface area contributed by atoms with E-state index in [0.29, 0.717) is 11.8 Å². The van der Waals surface area contributed by atoms with Crippen molar-refractivity contribution in [2.75, 3.05) is 5.88 Å². The fourth-order valence-electron chi connectivity index (χ4n) is 2.43. The Balaban J connectivity index is 2.45. The maximum Gasteiger partial charge on any atom is 0.147 e. The highest BCUT2D eigenvalue weighted by Crippen LogP contribution is 2.28. The lowest BCUT2D eigenvalue weighted by Gasteiger charge is -2.11. The van der Waals surface area contributed by atoms with Gasteiger partial charge in [-0.15, -0.1) is 11.6 Å². The van der Waals surface area contributed by atoms with Gasteiger partial charge < -0.3 is 9.30 Å². The first-order valence-electron chi connectivity index (χ1n) is 7.73. The van der Waals surface area contributed by atoms with Crippen LogP contribution in [0.3, 0.4) is 0 Å². The van der Waals surface area contributed by atoms with Gasteiger partial charge in [-0.3, -0.25) is 0 Å². The number of hydrogen-bond donors (Lipinski definition) is 0. The lowest BCUT2D eigenvalue weighted by atomic mass is 10.1. The zero-order valence-corrected chi connectivity index (χ0v) is 14.2. The van der Waals surface area contributed by atoms with Gasteiger partial charge >= 0.3 is 0 Å².